The number of hydrogen-bond donors (Lipinski definition) is 1. The van der Waals surface area contributed by atoms with Gasteiger partial charge < -0.3 is 5.32 Å². The number of anilines is 1. The molecule has 2 aromatic carbocycles. The van der Waals surface area contributed by atoms with Gasteiger partial charge in [0.05, 0.1) is 10.8 Å². The minimum Gasteiger partial charge on any atom is -0.326 e. The topological polar surface area (TPSA) is 66.5 Å². The first kappa shape index (κ1) is 19.2. The second-order valence-corrected chi connectivity index (χ2v) is 9.63. The molecule has 148 valence electrons. The lowest BCUT2D eigenvalue weighted by Crippen LogP contribution is -2.43. The third-order valence-corrected chi connectivity index (χ3v) is 7.62. The van der Waals surface area contributed by atoms with Crippen LogP contribution in [0.4, 0.5) is 5.69 Å². The molecule has 0 saturated carbocycles. The van der Waals surface area contributed by atoms with Gasteiger partial charge in [-0.25, -0.2) is 8.42 Å². The number of piperidine rings is 1. The zero-order valence-corrected chi connectivity index (χ0v) is 16.7. The highest BCUT2D eigenvalue weighted by Gasteiger charge is 2.33. The third kappa shape index (κ3) is 3.98. The molecule has 1 heterocycles. The van der Waals surface area contributed by atoms with Crippen LogP contribution in [0.2, 0.25) is 0 Å². The summed E-state index contributed by atoms with van der Waals surface area (Å²) in [5.41, 5.74) is 3.16. The molecule has 6 heteroatoms. The van der Waals surface area contributed by atoms with Crippen molar-refractivity contribution in [2.24, 2.45) is 5.92 Å². The van der Waals surface area contributed by atoms with E-state index in [0.717, 1.165) is 30.5 Å². The maximum atomic E-state index is 13.2. The zero-order valence-electron chi connectivity index (χ0n) is 15.9. The number of nitrogens with zero attached hydrogens (tertiary/aromatic N) is 1. The Balaban J connectivity index is 1.49. The lowest BCUT2D eigenvalue weighted by Gasteiger charge is -2.31. The number of rotatable bonds is 4. The first-order valence-electron chi connectivity index (χ1n) is 10.0. The maximum Gasteiger partial charge on any atom is 0.243 e. The number of para-hydroxylation sites is 1. The molecule has 0 aromatic heterocycles. The average Bonchev–Trinajstić information content (AvgIpc) is 2.74. The van der Waals surface area contributed by atoms with E-state index in [1.165, 1.54) is 16.3 Å². The Kier molecular flexibility index (Phi) is 5.51. The third-order valence-electron chi connectivity index (χ3n) is 5.75. The van der Waals surface area contributed by atoms with Gasteiger partial charge in [-0.05, 0) is 73.9 Å². The van der Waals surface area contributed by atoms with Gasteiger partial charge in [-0.3, -0.25) is 4.79 Å². The number of carbonyl (C=O) groups excluding carboxylic acids is 1. The van der Waals surface area contributed by atoms with Crippen molar-refractivity contribution in [3.63, 3.8) is 0 Å². The van der Waals surface area contributed by atoms with Gasteiger partial charge in [0.25, 0.3) is 0 Å². The second kappa shape index (κ2) is 8.05. The summed E-state index contributed by atoms with van der Waals surface area (Å²) in [7, 11) is -3.58. The van der Waals surface area contributed by atoms with Gasteiger partial charge in [0.15, 0.2) is 0 Å². The van der Waals surface area contributed by atoms with Gasteiger partial charge in [0.1, 0.15) is 0 Å². The molecule has 1 aliphatic carbocycles. The van der Waals surface area contributed by atoms with E-state index in [1.54, 1.807) is 6.07 Å². The SMILES string of the molecule is O=C(Nc1ccccc1)[C@@H]1CCCN(S(=O)(=O)c2ccc3c(c2)CCCC3)C1. The van der Waals surface area contributed by atoms with Crippen molar-refractivity contribution >= 4 is 21.6 Å². The number of benzene rings is 2. The molecule has 2 aliphatic rings. The van der Waals surface area contributed by atoms with Crippen LogP contribution in [0.1, 0.15) is 36.8 Å². The standard InChI is InChI=1S/C22H26N2O3S/c25-22(23-20-10-2-1-3-11-20)19-9-6-14-24(16-19)28(26,27)21-13-12-17-7-4-5-8-18(17)15-21/h1-3,10-13,15,19H,4-9,14,16H2,(H,23,25)/t19-/m1/s1. The molecule has 1 atom stereocenters. The molecule has 5 nitrogen and oxygen atoms in total. The molecule has 2 aromatic rings. The van der Waals surface area contributed by atoms with Gasteiger partial charge in [-0.2, -0.15) is 4.31 Å². The van der Waals surface area contributed by atoms with Crippen molar-refractivity contribution in [3.8, 4) is 0 Å². The fourth-order valence-corrected chi connectivity index (χ4v) is 5.73. The molecule has 1 amide bonds. The largest absolute Gasteiger partial charge is 0.326 e. The van der Waals surface area contributed by atoms with Crippen molar-refractivity contribution in [2.75, 3.05) is 18.4 Å². The first-order valence-corrected chi connectivity index (χ1v) is 11.5. The lowest BCUT2D eigenvalue weighted by atomic mass is 9.92. The molecule has 1 aliphatic heterocycles. The molecule has 1 fully saturated rings. The summed E-state index contributed by atoms with van der Waals surface area (Å²) in [4.78, 5) is 13.0. The van der Waals surface area contributed by atoms with Crippen LogP contribution in [0.5, 0.6) is 0 Å². The number of carbonyl (C=O) groups is 1. The van der Waals surface area contributed by atoms with E-state index in [4.69, 9.17) is 0 Å². The zero-order chi connectivity index (χ0) is 19.6. The molecule has 0 unspecified atom stereocenters. The molecule has 0 spiro atoms. The van der Waals surface area contributed by atoms with Gasteiger partial charge in [-0.1, -0.05) is 24.3 Å². The first-order chi connectivity index (χ1) is 13.5. The summed E-state index contributed by atoms with van der Waals surface area (Å²) < 4.78 is 27.9. The van der Waals surface area contributed by atoms with E-state index in [1.807, 2.05) is 42.5 Å². The number of amides is 1. The highest BCUT2D eigenvalue weighted by molar-refractivity contribution is 7.89. The second-order valence-electron chi connectivity index (χ2n) is 7.70. The van der Waals surface area contributed by atoms with E-state index in [-0.39, 0.29) is 18.4 Å². The number of aryl methyl sites for hydroxylation is 2. The van der Waals surface area contributed by atoms with Gasteiger partial charge in [0, 0.05) is 18.8 Å². The van der Waals surface area contributed by atoms with Crippen LogP contribution in [-0.4, -0.2) is 31.7 Å². The minimum absolute atomic E-state index is 0.114. The Morgan fingerprint density at radius 2 is 1.71 bits per heavy atom. The van der Waals surface area contributed by atoms with E-state index in [9.17, 15) is 13.2 Å². The maximum absolute atomic E-state index is 13.2. The Hall–Kier alpha value is -2.18. The molecule has 28 heavy (non-hydrogen) atoms. The predicted octanol–water partition coefficient (Wildman–Crippen LogP) is 3.60. The highest BCUT2D eigenvalue weighted by Crippen LogP contribution is 2.28. The van der Waals surface area contributed by atoms with E-state index >= 15 is 0 Å². The summed E-state index contributed by atoms with van der Waals surface area (Å²) in [6.07, 6.45) is 5.65. The fraction of sp³-hybridized carbons (Fsp3) is 0.409. The monoisotopic (exact) mass is 398 g/mol. The normalized spacial score (nSPS) is 20.4. The van der Waals surface area contributed by atoms with Crippen molar-refractivity contribution < 1.29 is 13.2 Å². The van der Waals surface area contributed by atoms with Crippen LogP contribution in [0.3, 0.4) is 0 Å². The van der Waals surface area contributed by atoms with Gasteiger partial charge in [0.2, 0.25) is 15.9 Å². The minimum atomic E-state index is -3.58. The molecular weight excluding hydrogens is 372 g/mol. The molecule has 1 saturated heterocycles. The van der Waals surface area contributed by atoms with Crippen LogP contribution in [0, 0.1) is 5.92 Å². The summed E-state index contributed by atoms with van der Waals surface area (Å²) in [6.45, 7) is 0.701. The van der Waals surface area contributed by atoms with Crippen LogP contribution in [0.15, 0.2) is 53.4 Å². The quantitative estimate of drug-likeness (QED) is 0.856. The van der Waals surface area contributed by atoms with Crippen molar-refractivity contribution in [2.45, 2.75) is 43.4 Å². The predicted molar refractivity (Wildman–Crippen MR) is 110 cm³/mol. The number of sulfonamides is 1. The van der Waals surface area contributed by atoms with Crippen LogP contribution < -0.4 is 5.32 Å². The Labute approximate surface area is 166 Å². The molecule has 4 rings (SSSR count). The molecule has 0 bridgehead atoms. The highest BCUT2D eigenvalue weighted by atomic mass is 32.2. The van der Waals surface area contributed by atoms with Crippen molar-refractivity contribution in [1.29, 1.82) is 0 Å². The van der Waals surface area contributed by atoms with Crippen molar-refractivity contribution in [1.82, 2.24) is 4.31 Å². The van der Waals surface area contributed by atoms with Crippen LogP contribution in [-0.2, 0) is 27.7 Å². The summed E-state index contributed by atoms with van der Waals surface area (Å²) in [5.74, 6) is -0.446. The summed E-state index contributed by atoms with van der Waals surface area (Å²) >= 11 is 0. The number of nitrogens with one attached hydrogen (secondary N) is 1. The van der Waals surface area contributed by atoms with Crippen LogP contribution in [0.25, 0.3) is 0 Å². The van der Waals surface area contributed by atoms with Gasteiger partial charge in [-0.15, -0.1) is 0 Å². The smallest absolute Gasteiger partial charge is 0.243 e. The van der Waals surface area contributed by atoms with Crippen LogP contribution >= 0.6 is 0 Å². The Morgan fingerprint density at radius 3 is 2.50 bits per heavy atom. The van der Waals surface area contributed by atoms with Gasteiger partial charge >= 0.3 is 0 Å². The number of fused-ring (bicyclic) bond motifs is 1. The van der Waals surface area contributed by atoms with E-state index in [2.05, 4.69) is 5.32 Å². The van der Waals surface area contributed by atoms with E-state index < -0.39 is 10.0 Å². The molecular formula is C22H26N2O3S. The van der Waals surface area contributed by atoms with Crippen molar-refractivity contribution in [3.05, 3.63) is 59.7 Å². The lowest BCUT2D eigenvalue weighted by molar-refractivity contribution is -0.120. The Morgan fingerprint density at radius 1 is 0.964 bits per heavy atom. The number of hydrogen-bond acceptors (Lipinski definition) is 3. The average molecular weight is 399 g/mol. The summed E-state index contributed by atoms with van der Waals surface area (Å²) in [5, 5.41) is 2.90. The fourth-order valence-electron chi connectivity index (χ4n) is 4.16. The summed E-state index contributed by atoms with van der Waals surface area (Å²) in [6, 6.07) is 14.8. The molecule has 1 N–H and O–H groups in total. The molecule has 0 radical (unpaired) electrons. The van der Waals surface area contributed by atoms with E-state index in [0.29, 0.717) is 24.3 Å². The Bertz CT molecular complexity index is 957.